The fraction of sp³-hybridized carbons (Fsp3) is 0.645. The molecule has 0 bridgehead atoms. The second-order valence-electron chi connectivity index (χ2n) is 13.3. The van der Waals surface area contributed by atoms with Gasteiger partial charge in [0.05, 0.1) is 12.2 Å². The lowest BCUT2D eigenvalue weighted by molar-refractivity contribution is -0.271. The van der Waals surface area contributed by atoms with Gasteiger partial charge in [-0.2, -0.15) is 0 Å². The van der Waals surface area contributed by atoms with Crippen molar-refractivity contribution in [2.75, 3.05) is 7.11 Å². The third kappa shape index (κ3) is 3.72. The molecule has 0 saturated heterocycles. The zero-order valence-corrected chi connectivity index (χ0v) is 24.7. The van der Waals surface area contributed by atoms with E-state index in [0.29, 0.717) is 6.42 Å². The highest BCUT2D eigenvalue weighted by Gasteiger charge is 2.77. The summed E-state index contributed by atoms with van der Waals surface area (Å²) < 4.78 is 23.1. The number of ether oxygens (including phenoxy) is 4. The lowest BCUT2D eigenvalue weighted by Crippen LogP contribution is -2.75. The van der Waals surface area contributed by atoms with E-state index in [9.17, 15) is 29.1 Å². The third-order valence-corrected chi connectivity index (χ3v) is 10.8. The van der Waals surface area contributed by atoms with Crippen molar-refractivity contribution in [3.8, 4) is 0 Å². The number of aliphatic hydroxyl groups is 1. The minimum absolute atomic E-state index is 0.159. The van der Waals surface area contributed by atoms with Gasteiger partial charge in [0, 0.05) is 66.6 Å². The summed E-state index contributed by atoms with van der Waals surface area (Å²) in [4.78, 5) is 63.3. The average Bonchev–Trinajstić information content (AvgIpc) is 3.38. The molecule has 10 heteroatoms. The summed E-state index contributed by atoms with van der Waals surface area (Å²) in [7, 11) is 1.50. The first-order valence-electron chi connectivity index (χ1n) is 13.9. The molecule has 4 aliphatic carbocycles. The fourth-order valence-corrected chi connectivity index (χ4v) is 9.58. The summed E-state index contributed by atoms with van der Waals surface area (Å²) in [5, 5.41) is 12.1. The number of hydrogen-bond donors (Lipinski definition) is 1. The molecule has 0 unspecified atom stereocenters. The lowest BCUT2D eigenvalue weighted by Gasteiger charge is -2.70. The van der Waals surface area contributed by atoms with Gasteiger partial charge in [0.2, 0.25) is 0 Å². The highest BCUT2D eigenvalue weighted by molar-refractivity contribution is 6.09. The first kappa shape index (κ1) is 29.4. The number of hydrogen-bond acceptors (Lipinski definition) is 10. The highest BCUT2D eigenvalue weighted by Crippen LogP contribution is 2.73. The molecule has 1 N–H and O–H groups in total. The van der Waals surface area contributed by atoms with Crippen LogP contribution >= 0.6 is 0 Å². The number of rotatable bonds is 4. The van der Waals surface area contributed by atoms with Crippen molar-refractivity contribution in [2.24, 2.45) is 39.4 Å². The number of carbonyl (C=O) groups is 5. The minimum atomic E-state index is -1.25. The zero-order valence-electron chi connectivity index (χ0n) is 24.7. The number of allylic oxidation sites excluding steroid dienone is 3. The summed E-state index contributed by atoms with van der Waals surface area (Å²) >= 11 is 0. The van der Waals surface area contributed by atoms with Crippen LogP contribution in [-0.2, 0) is 42.9 Å². The summed E-state index contributed by atoms with van der Waals surface area (Å²) in [6.07, 6.45) is 2.64. The van der Waals surface area contributed by atoms with E-state index in [-0.39, 0.29) is 11.4 Å². The predicted octanol–water partition coefficient (Wildman–Crippen LogP) is 2.63. The zero-order chi connectivity index (χ0) is 30.4. The third-order valence-electron chi connectivity index (χ3n) is 10.8. The smallest absolute Gasteiger partial charge is 0.342 e. The van der Waals surface area contributed by atoms with Crippen molar-refractivity contribution in [3.05, 3.63) is 35.5 Å². The van der Waals surface area contributed by atoms with E-state index in [1.807, 2.05) is 32.9 Å². The Morgan fingerprint density at radius 2 is 1.56 bits per heavy atom. The van der Waals surface area contributed by atoms with Gasteiger partial charge >= 0.3 is 23.9 Å². The van der Waals surface area contributed by atoms with Crippen LogP contribution in [0.3, 0.4) is 0 Å². The molecular weight excluding hydrogens is 532 g/mol. The molecule has 0 radical (unpaired) electrons. The van der Waals surface area contributed by atoms with Crippen LogP contribution in [0.4, 0.5) is 0 Å². The number of fused-ring (bicyclic) bond motifs is 5. The number of carbonyl (C=O) groups excluding carboxylic acids is 5. The summed E-state index contributed by atoms with van der Waals surface area (Å²) in [6.45, 7) is 11.8. The van der Waals surface area contributed by atoms with Gasteiger partial charge in [-0.1, -0.05) is 52.3 Å². The summed E-state index contributed by atoms with van der Waals surface area (Å²) in [5.41, 5.74) is -3.25. The van der Waals surface area contributed by atoms with Gasteiger partial charge in [0.15, 0.2) is 5.78 Å². The standard InChI is InChI=1S/C31H38O10/c1-14(32)39-25-21(36)23-28(3,4)19(34)11-12-29(23,5)24-22(38-8)26(40-15(2)33)30(6)17(9-10-18(30)31(24,25)7)16-13-20(35)41-27(16)37/h10-13,17,21-26,36H,9H2,1-8H3/t17-,21+,22-,23+,24-,25+,26-,29-,30-,31-/m0/s1. The van der Waals surface area contributed by atoms with Gasteiger partial charge in [-0.15, -0.1) is 0 Å². The van der Waals surface area contributed by atoms with Crippen LogP contribution in [0.2, 0.25) is 0 Å². The van der Waals surface area contributed by atoms with Gasteiger partial charge in [-0.25, -0.2) is 9.59 Å². The molecule has 10 atom stereocenters. The first-order valence-corrected chi connectivity index (χ1v) is 13.9. The van der Waals surface area contributed by atoms with Gasteiger partial charge in [-0.05, 0) is 17.9 Å². The molecule has 0 aromatic heterocycles. The topological polar surface area (TPSA) is 143 Å². The molecule has 2 saturated carbocycles. The molecule has 41 heavy (non-hydrogen) atoms. The minimum Gasteiger partial charge on any atom is -0.459 e. The molecule has 1 heterocycles. The summed E-state index contributed by atoms with van der Waals surface area (Å²) in [6, 6.07) is 0. The van der Waals surface area contributed by atoms with E-state index in [4.69, 9.17) is 18.9 Å². The number of esters is 4. The maximum absolute atomic E-state index is 13.2. The normalized spacial score (nSPS) is 44.2. The molecule has 0 spiro atoms. The van der Waals surface area contributed by atoms with Crippen LogP contribution in [-0.4, -0.2) is 66.3 Å². The lowest BCUT2D eigenvalue weighted by atomic mass is 9.36. The average molecular weight is 571 g/mol. The van der Waals surface area contributed by atoms with Gasteiger partial charge in [0.1, 0.15) is 12.2 Å². The molecule has 5 aliphatic rings. The van der Waals surface area contributed by atoms with Crippen LogP contribution in [0.1, 0.15) is 54.9 Å². The van der Waals surface area contributed by atoms with E-state index in [0.717, 1.165) is 5.57 Å². The maximum Gasteiger partial charge on any atom is 0.342 e. The quantitative estimate of drug-likeness (QED) is 0.232. The SMILES string of the molecule is CO[C@@H]1[C@H](OC(C)=O)[C@]2(C)C(=CC[C@H]2C2=CC(=O)OC2=O)[C@]2(C)[C@H](OC(C)=O)[C@H](O)[C@@H]3C(C)(C)C(=O)C=C[C@]3(C)[C@H]12. The number of cyclic esters (lactones) is 2. The predicted molar refractivity (Wildman–Crippen MR) is 143 cm³/mol. The Morgan fingerprint density at radius 3 is 2.10 bits per heavy atom. The molecule has 1 aliphatic heterocycles. The number of aliphatic hydroxyl groups excluding tert-OH is 1. The largest absolute Gasteiger partial charge is 0.459 e. The fourth-order valence-electron chi connectivity index (χ4n) is 9.58. The van der Waals surface area contributed by atoms with Crippen LogP contribution in [0, 0.1) is 39.4 Å². The Bertz CT molecular complexity index is 1340. The number of methoxy groups -OCH3 is 1. The Labute approximate surface area is 239 Å². The Balaban J connectivity index is 1.82. The molecule has 0 amide bonds. The van der Waals surface area contributed by atoms with Crippen LogP contribution < -0.4 is 0 Å². The molecular formula is C31H38O10. The van der Waals surface area contributed by atoms with Crippen molar-refractivity contribution in [1.82, 2.24) is 0 Å². The van der Waals surface area contributed by atoms with Crippen molar-refractivity contribution in [2.45, 2.75) is 79.3 Å². The van der Waals surface area contributed by atoms with E-state index < -0.39 is 87.7 Å². The van der Waals surface area contributed by atoms with E-state index in [1.54, 1.807) is 13.8 Å². The van der Waals surface area contributed by atoms with Crippen molar-refractivity contribution >= 4 is 29.7 Å². The van der Waals surface area contributed by atoms with Crippen LogP contribution in [0.15, 0.2) is 35.5 Å². The van der Waals surface area contributed by atoms with Gasteiger partial charge < -0.3 is 24.1 Å². The Morgan fingerprint density at radius 1 is 0.951 bits per heavy atom. The van der Waals surface area contributed by atoms with Crippen molar-refractivity contribution in [1.29, 1.82) is 0 Å². The van der Waals surface area contributed by atoms with Crippen LogP contribution in [0.25, 0.3) is 0 Å². The Kier molecular flexibility index (Phi) is 6.59. The molecule has 0 aromatic rings. The molecule has 5 rings (SSSR count). The second-order valence-corrected chi connectivity index (χ2v) is 13.3. The molecule has 222 valence electrons. The van der Waals surface area contributed by atoms with E-state index in [1.165, 1.54) is 33.1 Å². The number of ketones is 1. The van der Waals surface area contributed by atoms with E-state index in [2.05, 4.69) is 0 Å². The van der Waals surface area contributed by atoms with Crippen molar-refractivity contribution in [3.63, 3.8) is 0 Å². The second kappa shape index (κ2) is 9.19. The molecule has 10 nitrogen and oxygen atoms in total. The van der Waals surface area contributed by atoms with Crippen molar-refractivity contribution < 1.29 is 48.0 Å². The molecule has 0 aromatic carbocycles. The van der Waals surface area contributed by atoms with Gasteiger partial charge in [0.25, 0.3) is 0 Å². The monoisotopic (exact) mass is 570 g/mol. The van der Waals surface area contributed by atoms with Crippen LogP contribution in [0.5, 0.6) is 0 Å². The Hall–Kier alpha value is -3.11. The summed E-state index contributed by atoms with van der Waals surface area (Å²) in [5.74, 6) is -4.73. The first-order chi connectivity index (χ1) is 19.0. The maximum atomic E-state index is 13.2. The van der Waals surface area contributed by atoms with E-state index >= 15 is 0 Å². The van der Waals surface area contributed by atoms with Gasteiger partial charge in [-0.3, -0.25) is 14.4 Å². The molecule has 2 fully saturated rings. The highest BCUT2D eigenvalue weighted by atomic mass is 16.6.